The van der Waals surface area contributed by atoms with Crippen molar-refractivity contribution in [1.82, 2.24) is 0 Å². The van der Waals surface area contributed by atoms with Gasteiger partial charge in [0.25, 0.3) is 0 Å². The summed E-state index contributed by atoms with van der Waals surface area (Å²) >= 11 is 0. The molecule has 1 saturated carbocycles. The van der Waals surface area contributed by atoms with Crippen molar-refractivity contribution in [3.63, 3.8) is 0 Å². The summed E-state index contributed by atoms with van der Waals surface area (Å²) in [5.41, 5.74) is 2.35. The number of methoxy groups -OCH3 is 1. The van der Waals surface area contributed by atoms with Gasteiger partial charge in [-0.15, -0.1) is 0 Å². The fourth-order valence-electron chi connectivity index (χ4n) is 3.84. The Morgan fingerprint density at radius 3 is 2.57 bits per heavy atom. The summed E-state index contributed by atoms with van der Waals surface area (Å²) in [5, 5.41) is 0. The molecule has 1 aliphatic carbocycles. The molecule has 0 amide bonds. The van der Waals surface area contributed by atoms with E-state index >= 15 is 0 Å². The van der Waals surface area contributed by atoms with E-state index < -0.39 is 0 Å². The number of carbonyl (C=O) groups excluding carboxylic acids is 2. The van der Waals surface area contributed by atoms with Crippen molar-refractivity contribution in [3.8, 4) is 0 Å². The lowest BCUT2D eigenvalue weighted by Crippen LogP contribution is -2.12. The zero-order valence-corrected chi connectivity index (χ0v) is 17.4. The highest BCUT2D eigenvalue weighted by atomic mass is 16.5. The molecule has 152 valence electrons. The Morgan fingerprint density at radius 2 is 1.86 bits per heavy atom. The second kappa shape index (κ2) is 12.3. The summed E-state index contributed by atoms with van der Waals surface area (Å²) in [6, 6.07) is 8.51. The van der Waals surface area contributed by atoms with Gasteiger partial charge in [0.1, 0.15) is 5.78 Å². The maximum Gasteiger partial charge on any atom is 0.305 e. The molecule has 0 N–H and O–H groups in total. The molecule has 0 aromatic heterocycles. The first-order valence-electron chi connectivity index (χ1n) is 10.7. The van der Waals surface area contributed by atoms with Crippen LogP contribution in [0.15, 0.2) is 42.5 Å². The smallest absolute Gasteiger partial charge is 0.305 e. The number of ketones is 1. The number of Topliss-reactive ketones (excluding diaryl/α,β-unsaturated/α-hetero) is 1. The highest BCUT2D eigenvalue weighted by molar-refractivity contribution is 5.88. The highest BCUT2D eigenvalue weighted by Gasteiger charge is 2.34. The average molecular weight is 383 g/mol. The van der Waals surface area contributed by atoms with Gasteiger partial charge in [-0.05, 0) is 49.1 Å². The summed E-state index contributed by atoms with van der Waals surface area (Å²) in [6.07, 6.45) is 17.0. The zero-order chi connectivity index (χ0) is 20.2. The van der Waals surface area contributed by atoms with Crippen molar-refractivity contribution in [3.05, 3.63) is 53.6 Å². The number of carbonyl (C=O) groups is 2. The summed E-state index contributed by atoms with van der Waals surface area (Å²) in [7, 11) is 1.42. The minimum Gasteiger partial charge on any atom is -0.469 e. The van der Waals surface area contributed by atoms with Crippen LogP contribution in [0.25, 0.3) is 6.08 Å². The minimum absolute atomic E-state index is 0.0258. The SMILES string of the molecule is CCCC/C=C/c1ccc([C@H]2C(=O)CC[C@@H]2C/C=C\CCCC(=O)OC)cc1. The highest BCUT2D eigenvalue weighted by Crippen LogP contribution is 2.39. The van der Waals surface area contributed by atoms with E-state index in [1.54, 1.807) is 0 Å². The van der Waals surface area contributed by atoms with Crippen LogP contribution in [0.5, 0.6) is 0 Å². The maximum atomic E-state index is 12.5. The molecule has 0 aliphatic heterocycles. The van der Waals surface area contributed by atoms with E-state index in [1.807, 2.05) is 0 Å². The monoisotopic (exact) mass is 382 g/mol. The van der Waals surface area contributed by atoms with Crippen molar-refractivity contribution in [1.29, 1.82) is 0 Å². The van der Waals surface area contributed by atoms with Crippen molar-refractivity contribution in [2.45, 2.75) is 70.6 Å². The summed E-state index contributed by atoms with van der Waals surface area (Å²) in [4.78, 5) is 23.6. The minimum atomic E-state index is -0.154. The van der Waals surface area contributed by atoms with Crippen molar-refractivity contribution in [2.24, 2.45) is 5.92 Å². The molecule has 1 aromatic carbocycles. The van der Waals surface area contributed by atoms with Crippen molar-refractivity contribution < 1.29 is 14.3 Å². The molecule has 2 rings (SSSR count). The summed E-state index contributed by atoms with van der Waals surface area (Å²) in [6.45, 7) is 2.20. The molecule has 3 heteroatoms. The first-order chi connectivity index (χ1) is 13.7. The number of unbranched alkanes of at least 4 members (excludes halogenated alkanes) is 3. The van der Waals surface area contributed by atoms with Gasteiger partial charge in [-0.2, -0.15) is 0 Å². The lowest BCUT2D eigenvalue weighted by atomic mass is 9.86. The number of benzene rings is 1. The number of hydrogen-bond donors (Lipinski definition) is 0. The van der Waals surface area contributed by atoms with Crippen LogP contribution in [0, 0.1) is 5.92 Å². The number of esters is 1. The summed E-state index contributed by atoms with van der Waals surface area (Å²) < 4.78 is 4.65. The second-order valence-corrected chi connectivity index (χ2v) is 7.63. The molecule has 0 saturated heterocycles. The Hall–Kier alpha value is -2.16. The predicted molar refractivity (Wildman–Crippen MR) is 115 cm³/mol. The molecule has 1 fully saturated rings. The first-order valence-corrected chi connectivity index (χ1v) is 10.7. The molecule has 0 bridgehead atoms. The molecule has 0 spiro atoms. The van der Waals surface area contributed by atoms with Crippen LogP contribution in [0.3, 0.4) is 0 Å². The van der Waals surface area contributed by atoms with Crippen molar-refractivity contribution >= 4 is 17.8 Å². The van der Waals surface area contributed by atoms with Crippen LogP contribution in [-0.2, 0) is 14.3 Å². The molecule has 2 atom stereocenters. The molecule has 1 aromatic rings. The Balaban J connectivity index is 1.87. The van der Waals surface area contributed by atoms with Crippen LogP contribution in [0.4, 0.5) is 0 Å². The van der Waals surface area contributed by atoms with E-state index in [4.69, 9.17) is 0 Å². The van der Waals surface area contributed by atoms with Crippen LogP contribution in [0.1, 0.15) is 81.8 Å². The van der Waals surface area contributed by atoms with Gasteiger partial charge in [-0.25, -0.2) is 0 Å². The van der Waals surface area contributed by atoms with E-state index in [9.17, 15) is 9.59 Å². The maximum absolute atomic E-state index is 12.5. The van der Waals surface area contributed by atoms with Gasteiger partial charge >= 0.3 is 5.97 Å². The van der Waals surface area contributed by atoms with Gasteiger partial charge in [-0.3, -0.25) is 9.59 Å². The zero-order valence-electron chi connectivity index (χ0n) is 17.4. The Labute approximate surface area is 169 Å². The summed E-state index contributed by atoms with van der Waals surface area (Å²) in [5.74, 6) is 0.627. The third-order valence-electron chi connectivity index (χ3n) is 5.49. The van der Waals surface area contributed by atoms with Crippen molar-refractivity contribution in [2.75, 3.05) is 7.11 Å². The molecular weight excluding hydrogens is 348 g/mol. The second-order valence-electron chi connectivity index (χ2n) is 7.63. The normalized spacial score (nSPS) is 19.7. The van der Waals surface area contributed by atoms with Gasteiger partial charge in [0.15, 0.2) is 0 Å². The van der Waals surface area contributed by atoms with Crippen LogP contribution < -0.4 is 0 Å². The Kier molecular flexibility index (Phi) is 9.74. The van der Waals surface area contributed by atoms with Crippen LogP contribution in [-0.4, -0.2) is 18.9 Å². The van der Waals surface area contributed by atoms with E-state index in [0.29, 0.717) is 24.5 Å². The van der Waals surface area contributed by atoms with Gasteiger partial charge in [0, 0.05) is 18.8 Å². The fourth-order valence-corrected chi connectivity index (χ4v) is 3.84. The van der Waals surface area contributed by atoms with Gasteiger partial charge in [0.2, 0.25) is 0 Å². The Bertz CT molecular complexity index is 670. The molecular formula is C25H34O3. The molecule has 0 heterocycles. The predicted octanol–water partition coefficient (Wildman–Crippen LogP) is 6.24. The van der Waals surface area contributed by atoms with Crippen LogP contribution >= 0.6 is 0 Å². The third-order valence-corrected chi connectivity index (χ3v) is 5.49. The fraction of sp³-hybridized carbons (Fsp3) is 0.520. The van der Waals surface area contributed by atoms with E-state index in [2.05, 4.69) is 60.2 Å². The van der Waals surface area contributed by atoms with E-state index in [0.717, 1.165) is 37.7 Å². The van der Waals surface area contributed by atoms with Gasteiger partial charge in [-0.1, -0.05) is 68.3 Å². The number of allylic oxidation sites excluding steroid dienone is 3. The lowest BCUT2D eigenvalue weighted by molar-refractivity contribution is -0.140. The largest absolute Gasteiger partial charge is 0.469 e. The molecule has 28 heavy (non-hydrogen) atoms. The molecule has 0 radical (unpaired) electrons. The number of rotatable bonds is 11. The standard InChI is InChI=1S/C25H34O3/c1-3-4-5-8-11-20-14-16-22(17-15-20)25-21(18-19-23(25)26)12-9-6-7-10-13-24(27)28-2/h6,8-9,11,14-17,21,25H,3-5,7,10,12-13,18-19H2,1-2H3/b9-6-,11-8+/t21-,25-/m0/s1. The van der Waals surface area contributed by atoms with Gasteiger partial charge < -0.3 is 4.74 Å². The number of ether oxygens (including phenoxy) is 1. The van der Waals surface area contributed by atoms with Crippen LogP contribution in [0.2, 0.25) is 0 Å². The number of hydrogen-bond acceptors (Lipinski definition) is 3. The van der Waals surface area contributed by atoms with E-state index in [-0.39, 0.29) is 11.9 Å². The lowest BCUT2D eigenvalue weighted by Gasteiger charge is -2.17. The van der Waals surface area contributed by atoms with Gasteiger partial charge in [0.05, 0.1) is 7.11 Å². The first kappa shape index (κ1) is 22.1. The third kappa shape index (κ3) is 7.10. The molecule has 0 unspecified atom stereocenters. The average Bonchev–Trinajstić information content (AvgIpc) is 3.08. The molecule has 3 nitrogen and oxygen atoms in total. The van der Waals surface area contributed by atoms with E-state index in [1.165, 1.54) is 25.5 Å². The molecule has 1 aliphatic rings. The topological polar surface area (TPSA) is 43.4 Å². The Morgan fingerprint density at radius 1 is 1.11 bits per heavy atom. The quantitative estimate of drug-likeness (QED) is 0.258.